The SMILES string of the molecule is CCc1ccc(NC(=O)N(CCC(=O)NC(C)c2ccccc2)C(C)c2ccccc2)cc1. The molecule has 3 aromatic rings. The van der Waals surface area contributed by atoms with Gasteiger partial charge in [0.25, 0.3) is 0 Å². The molecule has 3 rings (SSSR count). The van der Waals surface area contributed by atoms with Gasteiger partial charge in [-0.25, -0.2) is 4.79 Å². The maximum Gasteiger partial charge on any atom is 0.322 e. The van der Waals surface area contributed by atoms with E-state index in [-0.39, 0.29) is 30.4 Å². The van der Waals surface area contributed by atoms with Crippen molar-refractivity contribution in [2.45, 2.75) is 45.7 Å². The van der Waals surface area contributed by atoms with Gasteiger partial charge < -0.3 is 15.5 Å². The summed E-state index contributed by atoms with van der Waals surface area (Å²) in [5.41, 5.74) is 4.03. The first-order valence-corrected chi connectivity index (χ1v) is 11.5. The highest BCUT2D eigenvalue weighted by molar-refractivity contribution is 5.90. The lowest BCUT2D eigenvalue weighted by molar-refractivity contribution is -0.122. The van der Waals surface area contributed by atoms with Crippen molar-refractivity contribution in [1.82, 2.24) is 10.2 Å². The molecule has 0 aromatic heterocycles. The first-order valence-electron chi connectivity index (χ1n) is 11.5. The average Bonchev–Trinajstić information content (AvgIpc) is 2.85. The Kier molecular flexibility index (Phi) is 8.64. The van der Waals surface area contributed by atoms with Crippen molar-refractivity contribution in [2.75, 3.05) is 11.9 Å². The molecule has 0 spiro atoms. The van der Waals surface area contributed by atoms with Crippen LogP contribution in [0.4, 0.5) is 10.5 Å². The van der Waals surface area contributed by atoms with Crippen molar-refractivity contribution < 1.29 is 9.59 Å². The Bertz CT molecular complexity index is 1020. The van der Waals surface area contributed by atoms with Gasteiger partial charge in [0.05, 0.1) is 12.1 Å². The summed E-state index contributed by atoms with van der Waals surface area (Å²) in [7, 11) is 0. The molecule has 172 valence electrons. The highest BCUT2D eigenvalue weighted by Crippen LogP contribution is 2.22. The lowest BCUT2D eigenvalue weighted by atomic mass is 10.1. The standard InChI is InChI=1S/C28H33N3O2/c1-4-23-15-17-26(18-16-23)30-28(33)31(22(3)25-13-9-6-10-14-25)20-19-27(32)29-21(2)24-11-7-5-8-12-24/h5-18,21-22H,4,19-20H2,1-3H3,(H,29,32)(H,30,33). The van der Waals surface area contributed by atoms with E-state index < -0.39 is 0 Å². The van der Waals surface area contributed by atoms with Crippen LogP contribution in [0.3, 0.4) is 0 Å². The second kappa shape index (κ2) is 11.9. The molecule has 2 N–H and O–H groups in total. The van der Waals surface area contributed by atoms with Crippen LogP contribution in [0.25, 0.3) is 0 Å². The van der Waals surface area contributed by atoms with Crippen LogP contribution in [0.15, 0.2) is 84.9 Å². The summed E-state index contributed by atoms with van der Waals surface area (Å²) >= 11 is 0. The van der Waals surface area contributed by atoms with Gasteiger partial charge in [-0.3, -0.25) is 4.79 Å². The van der Waals surface area contributed by atoms with Crippen molar-refractivity contribution in [3.05, 3.63) is 102 Å². The molecule has 0 aliphatic rings. The molecule has 2 unspecified atom stereocenters. The number of hydrogen-bond donors (Lipinski definition) is 2. The average molecular weight is 444 g/mol. The lowest BCUT2D eigenvalue weighted by Gasteiger charge is -2.30. The number of carbonyl (C=O) groups excluding carboxylic acids is 2. The number of urea groups is 1. The molecule has 0 saturated carbocycles. The summed E-state index contributed by atoms with van der Waals surface area (Å²) in [6.07, 6.45) is 1.17. The van der Waals surface area contributed by atoms with Gasteiger partial charge in [0.1, 0.15) is 0 Å². The quantitative estimate of drug-likeness (QED) is 0.419. The van der Waals surface area contributed by atoms with E-state index in [0.29, 0.717) is 6.54 Å². The fraction of sp³-hybridized carbons (Fsp3) is 0.286. The van der Waals surface area contributed by atoms with Gasteiger partial charge in [-0.2, -0.15) is 0 Å². The highest BCUT2D eigenvalue weighted by atomic mass is 16.2. The van der Waals surface area contributed by atoms with Gasteiger partial charge in [0.2, 0.25) is 5.91 Å². The number of benzene rings is 3. The number of aryl methyl sites for hydroxylation is 1. The molecule has 0 bridgehead atoms. The molecule has 3 aromatic carbocycles. The molecule has 0 saturated heterocycles. The fourth-order valence-corrected chi connectivity index (χ4v) is 3.76. The lowest BCUT2D eigenvalue weighted by Crippen LogP contribution is -2.40. The summed E-state index contributed by atoms with van der Waals surface area (Å²) in [5.74, 6) is -0.0864. The fourth-order valence-electron chi connectivity index (χ4n) is 3.76. The van der Waals surface area contributed by atoms with Crippen LogP contribution in [0, 0.1) is 0 Å². The predicted octanol–water partition coefficient (Wildman–Crippen LogP) is 6.11. The third-order valence-electron chi connectivity index (χ3n) is 5.88. The van der Waals surface area contributed by atoms with E-state index in [1.165, 1.54) is 5.56 Å². The number of amides is 3. The summed E-state index contributed by atoms with van der Waals surface area (Å²) in [5, 5.41) is 6.02. The predicted molar refractivity (Wildman–Crippen MR) is 134 cm³/mol. The van der Waals surface area contributed by atoms with Crippen molar-refractivity contribution in [3.63, 3.8) is 0 Å². The number of nitrogens with zero attached hydrogens (tertiary/aromatic N) is 1. The summed E-state index contributed by atoms with van der Waals surface area (Å²) in [6.45, 7) is 6.35. The number of rotatable bonds is 9. The normalized spacial score (nSPS) is 12.5. The summed E-state index contributed by atoms with van der Waals surface area (Å²) in [4.78, 5) is 27.6. The van der Waals surface area contributed by atoms with Gasteiger partial charge in [-0.15, -0.1) is 0 Å². The van der Waals surface area contributed by atoms with Crippen LogP contribution >= 0.6 is 0 Å². The molecule has 5 nitrogen and oxygen atoms in total. The topological polar surface area (TPSA) is 61.4 Å². The number of hydrogen-bond acceptors (Lipinski definition) is 2. The Morgan fingerprint density at radius 1 is 0.818 bits per heavy atom. The van der Waals surface area contributed by atoms with E-state index in [2.05, 4.69) is 17.6 Å². The zero-order chi connectivity index (χ0) is 23.6. The van der Waals surface area contributed by atoms with Gasteiger partial charge in [0.15, 0.2) is 0 Å². The number of nitrogens with one attached hydrogen (secondary N) is 2. The largest absolute Gasteiger partial charge is 0.350 e. The van der Waals surface area contributed by atoms with Crippen LogP contribution in [-0.4, -0.2) is 23.4 Å². The Morgan fingerprint density at radius 3 is 1.97 bits per heavy atom. The Morgan fingerprint density at radius 2 is 1.39 bits per heavy atom. The summed E-state index contributed by atoms with van der Waals surface area (Å²) in [6, 6.07) is 27.1. The van der Waals surface area contributed by atoms with Crippen molar-refractivity contribution in [3.8, 4) is 0 Å². The van der Waals surface area contributed by atoms with Gasteiger partial charge in [-0.05, 0) is 49.1 Å². The van der Waals surface area contributed by atoms with Crippen LogP contribution in [0.5, 0.6) is 0 Å². The van der Waals surface area contributed by atoms with E-state index in [1.807, 2.05) is 98.8 Å². The van der Waals surface area contributed by atoms with Crippen LogP contribution in [0.1, 0.15) is 56.0 Å². The van der Waals surface area contributed by atoms with E-state index in [0.717, 1.165) is 23.2 Å². The summed E-state index contributed by atoms with van der Waals surface area (Å²) < 4.78 is 0. The third-order valence-corrected chi connectivity index (χ3v) is 5.88. The molecular weight excluding hydrogens is 410 g/mol. The molecule has 33 heavy (non-hydrogen) atoms. The van der Waals surface area contributed by atoms with Gasteiger partial charge in [0, 0.05) is 18.7 Å². The number of anilines is 1. The Labute approximate surface area is 196 Å². The number of carbonyl (C=O) groups is 2. The van der Waals surface area contributed by atoms with E-state index >= 15 is 0 Å². The minimum Gasteiger partial charge on any atom is -0.350 e. The van der Waals surface area contributed by atoms with Gasteiger partial charge >= 0.3 is 6.03 Å². The molecule has 0 fully saturated rings. The zero-order valence-corrected chi connectivity index (χ0v) is 19.6. The van der Waals surface area contributed by atoms with Crippen molar-refractivity contribution in [1.29, 1.82) is 0 Å². The molecular formula is C28H33N3O2. The van der Waals surface area contributed by atoms with Crippen molar-refractivity contribution >= 4 is 17.6 Å². The zero-order valence-electron chi connectivity index (χ0n) is 19.6. The second-order valence-electron chi connectivity index (χ2n) is 8.21. The molecule has 3 amide bonds. The monoisotopic (exact) mass is 443 g/mol. The minimum absolute atomic E-state index is 0.0864. The third kappa shape index (κ3) is 6.94. The Hall–Kier alpha value is -3.60. The molecule has 0 aliphatic heterocycles. The van der Waals surface area contributed by atoms with Crippen LogP contribution in [0.2, 0.25) is 0 Å². The maximum absolute atomic E-state index is 13.2. The first kappa shape index (κ1) is 24.1. The molecule has 0 heterocycles. The smallest absolute Gasteiger partial charge is 0.322 e. The van der Waals surface area contributed by atoms with E-state index in [9.17, 15) is 9.59 Å². The molecule has 0 aliphatic carbocycles. The second-order valence-corrected chi connectivity index (χ2v) is 8.21. The molecule has 0 radical (unpaired) electrons. The molecule has 2 atom stereocenters. The Balaban J connectivity index is 1.68. The van der Waals surface area contributed by atoms with E-state index in [1.54, 1.807) is 4.90 Å². The van der Waals surface area contributed by atoms with Crippen LogP contribution in [-0.2, 0) is 11.2 Å². The van der Waals surface area contributed by atoms with Crippen LogP contribution < -0.4 is 10.6 Å². The molecule has 5 heteroatoms. The van der Waals surface area contributed by atoms with Crippen molar-refractivity contribution in [2.24, 2.45) is 0 Å². The minimum atomic E-state index is -0.223. The first-order chi connectivity index (χ1) is 16.0. The highest BCUT2D eigenvalue weighted by Gasteiger charge is 2.23. The van der Waals surface area contributed by atoms with Gasteiger partial charge in [-0.1, -0.05) is 79.7 Å². The van der Waals surface area contributed by atoms with E-state index in [4.69, 9.17) is 0 Å². The maximum atomic E-state index is 13.2.